The van der Waals surface area contributed by atoms with Gasteiger partial charge in [0.05, 0.1) is 0 Å². The van der Waals surface area contributed by atoms with Crippen molar-refractivity contribution in [1.29, 1.82) is 0 Å². The zero-order chi connectivity index (χ0) is 33.0. The summed E-state index contributed by atoms with van der Waals surface area (Å²) < 4.78 is 0. The van der Waals surface area contributed by atoms with Gasteiger partial charge in [-0.2, -0.15) is 0 Å². The molecular formula is C48H48. The van der Waals surface area contributed by atoms with Crippen LogP contribution in [-0.4, -0.2) is 0 Å². The highest BCUT2D eigenvalue weighted by Gasteiger charge is 2.30. The molecule has 0 radical (unpaired) electrons. The molecule has 48 heavy (non-hydrogen) atoms. The van der Waals surface area contributed by atoms with Gasteiger partial charge in [-0.3, -0.25) is 0 Å². The van der Waals surface area contributed by atoms with E-state index in [1.54, 1.807) is 0 Å². The van der Waals surface area contributed by atoms with E-state index in [-0.39, 0.29) is 0 Å². The van der Waals surface area contributed by atoms with Crippen LogP contribution in [-0.2, 0) is 25.7 Å². The third-order valence-corrected chi connectivity index (χ3v) is 11.2. The van der Waals surface area contributed by atoms with E-state index in [0.717, 1.165) is 37.7 Å². The van der Waals surface area contributed by atoms with Crippen LogP contribution in [0.25, 0.3) is 16.7 Å². The minimum Gasteiger partial charge on any atom is -0.115 e. The molecule has 0 nitrogen and oxygen atoms in total. The summed E-state index contributed by atoms with van der Waals surface area (Å²) in [5.74, 6) is 5.19. The molecule has 4 aromatic carbocycles. The van der Waals surface area contributed by atoms with Crippen LogP contribution in [0.4, 0.5) is 0 Å². The number of allylic oxidation sites excluding steroid dienone is 6. The second-order valence-corrected chi connectivity index (χ2v) is 14.7. The van der Waals surface area contributed by atoms with Gasteiger partial charge in [0.1, 0.15) is 0 Å². The zero-order valence-corrected chi connectivity index (χ0v) is 28.6. The van der Waals surface area contributed by atoms with Gasteiger partial charge >= 0.3 is 0 Å². The fourth-order valence-corrected chi connectivity index (χ4v) is 8.55. The van der Waals surface area contributed by atoms with Crippen molar-refractivity contribution in [2.24, 2.45) is 17.8 Å². The number of hydrogen-bond donors (Lipinski definition) is 0. The van der Waals surface area contributed by atoms with Crippen molar-refractivity contribution < 1.29 is 0 Å². The molecule has 0 spiro atoms. The third kappa shape index (κ3) is 7.12. The van der Waals surface area contributed by atoms with Crippen LogP contribution in [0.1, 0.15) is 83.9 Å². The van der Waals surface area contributed by atoms with Gasteiger partial charge in [0.25, 0.3) is 0 Å². The van der Waals surface area contributed by atoms with E-state index in [2.05, 4.69) is 129 Å². The predicted molar refractivity (Wildman–Crippen MR) is 205 cm³/mol. The molecule has 2 atom stereocenters. The third-order valence-electron chi connectivity index (χ3n) is 11.2. The fraction of sp³-hybridized carbons (Fsp3) is 0.292. The molecule has 0 amide bonds. The van der Waals surface area contributed by atoms with E-state index in [0.29, 0.717) is 23.7 Å². The number of fused-ring (bicyclic) bond motifs is 1. The topological polar surface area (TPSA) is 0 Å². The molecule has 0 saturated heterocycles. The summed E-state index contributed by atoms with van der Waals surface area (Å²) in [6.07, 6.45) is 23.1. The van der Waals surface area contributed by atoms with Crippen LogP contribution in [0.15, 0.2) is 134 Å². The van der Waals surface area contributed by atoms with Gasteiger partial charge in [-0.15, -0.1) is 6.42 Å². The summed E-state index contributed by atoms with van der Waals surface area (Å²) in [5.41, 5.74) is 15.8. The molecule has 0 heteroatoms. The highest BCUT2D eigenvalue weighted by molar-refractivity contribution is 5.77. The van der Waals surface area contributed by atoms with Gasteiger partial charge in [0.15, 0.2) is 0 Å². The Bertz CT molecular complexity index is 1900. The summed E-state index contributed by atoms with van der Waals surface area (Å²) in [6, 6.07) is 34.0. The number of rotatable bonds is 10. The van der Waals surface area contributed by atoms with E-state index >= 15 is 0 Å². The molecule has 7 rings (SSSR count). The van der Waals surface area contributed by atoms with Gasteiger partial charge < -0.3 is 0 Å². The minimum atomic E-state index is 0.396. The molecule has 240 valence electrons. The summed E-state index contributed by atoms with van der Waals surface area (Å²) in [5, 5.41) is 0. The SMILES string of the molecule is C#Cc1ccc(CC2CCC(C(C(=C)CCc3ccccc3)c3ccc(C4=CC(C)C=C4)cc3)CC2)cc1-c1ccc2c(c1)CC(=C)C2. The molecule has 4 aromatic rings. The largest absolute Gasteiger partial charge is 0.115 e. The van der Waals surface area contributed by atoms with E-state index in [1.165, 1.54) is 86.9 Å². The maximum Gasteiger partial charge on any atom is 0.0321 e. The van der Waals surface area contributed by atoms with Crippen LogP contribution in [0, 0.1) is 30.1 Å². The average molecular weight is 625 g/mol. The maximum absolute atomic E-state index is 6.00. The quantitative estimate of drug-likeness (QED) is 0.122. The van der Waals surface area contributed by atoms with Gasteiger partial charge in [0.2, 0.25) is 0 Å². The van der Waals surface area contributed by atoms with Crippen molar-refractivity contribution in [3.05, 3.63) is 172 Å². The second kappa shape index (κ2) is 14.3. The number of hydrogen-bond acceptors (Lipinski definition) is 0. The Morgan fingerprint density at radius 2 is 1.58 bits per heavy atom. The smallest absolute Gasteiger partial charge is 0.0321 e. The first-order valence-electron chi connectivity index (χ1n) is 18.0. The second-order valence-electron chi connectivity index (χ2n) is 14.7. The monoisotopic (exact) mass is 624 g/mol. The van der Waals surface area contributed by atoms with Crippen LogP contribution < -0.4 is 0 Å². The Kier molecular flexibility index (Phi) is 9.50. The van der Waals surface area contributed by atoms with Gasteiger partial charge in [0, 0.05) is 11.5 Å². The van der Waals surface area contributed by atoms with E-state index in [1.807, 2.05) is 0 Å². The molecule has 0 aliphatic heterocycles. The average Bonchev–Trinajstić information content (AvgIpc) is 3.73. The predicted octanol–water partition coefficient (Wildman–Crippen LogP) is 11.9. The highest BCUT2D eigenvalue weighted by atomic mass is 14.4. The van der Waals surface area contributed by atoms with Crippen molar-refractivity contribution in [2.45, 2.75) is 70.6 Å². The van der Waals surface area contributed by atoms with E-state index in [4.69, 9.17) is 13.0 Å². The molecule has 1 saturated carbocycles. The van der Waals surface area contributed by atoms with Crippen molar-refractivity contribution in [2.75, 3.05) is 0 Å². The minimum absolute atomic E-state index is 0.396. The Morgan fingerprint density at radius 3 is 2.31 bits per heavy atom. The summed E-state index contributed by atoms with van der Waals surface area (Å²) >= 11 is 0. The molecule has 0 N–H and O–H groups in total. The van der Waals surface area contributed by atoms with Crippen molar-refractivity contribution in [1.82, 2.24) is 0 Å². The fourth-order valence-electron chi connectivity index (χ4n) is 8.55. The molecule has 0 aromatic heterocycles. The van der Waals surface area contributed by atoms with Gasteiger partial charge in [-0.25, -0.2) is 0 Å². The Morgan fingerprint density at radius 1 is 0.833 bits per heavy atom. The van der Waals surface area contributed by atoms with Crippen LogP contribution >= 0.6 is 0 Å². The summed E-state index contributed by atoms with van der Waals surface area (Å²) in [7, 11) is 0. The molecular weight excluding hydrogens is 577 g/mol. The number of benzene rings is 4. The summed E-state index contributed by atoms with van der Waals surface area (Å²) in [4.78, 5) is 0. The van der Waals surface area contributed by atoms with Gasteiger partial charge in [-0.1, -0.05) is 134 Å². The van der Waals surface area contributed by atoms with Crippen LogP contribution in [0.3, 0.4) is 0 Å². The van der Waals surface area contributed by atoms with E-state index < -0.39 is 0 Å². The lowest BCUT2D eigenvalue weighted by Gasteiger charge is -2.36. The Balaban J connectivity index is 1.06. The molecule has 0 heterocycles. The Hall–Kier alpha value is -4.60. The molecule has 2 unspecified atom stereocenters. The normalized spacial score (nSPS) is 20.6. The molecule has 0 bridgehead atoms. The van der Waals surface area contributed by atoms with Crippen LogP contribution in [0.5, 0.6) is 0 Å². The van der Waals surface area contributed by atoms with Gasteiger partial charge in [-0.05, 0) is 138 Å². The Labute approximate surface area is 289 Å². The first-order chi connectivity index (χ1) is 23.4. The number of terminal acetylenes is 1. The molecule has 3 aliphatic carbocycles. The first-order valence-corrected chi connectivity index (χ1v) is 18.0. The van der Waals surface area contributed by atoms with E-state index in [9.17, 15) is 0 Å². The van der Waals surface area contributed by atoms with Crippen molar-refractivity contribution in [3.8, 4) is 23.5 Å². The highest BCUT2D eigenvalue weighted by Crippen LogP contribution is 2.44. The standard InChI is InChI=1S/C48H48/c1-5-39-18-16-38(31-47(39)45-26-25-44-28-34(3)29-46(44)32-45)30-37-14-19-41(20-15-37)48(35(4)12-13-36-9-7-6-8-10-36)42-23-21-40(22-24-42)43-17-11-33(2)27-43/h1,6-11,16-18,21-27,31-33,37,41,48H,3-4,12-15,19-20,28-30H2,2H3. The molecule has 3 aliphatic rings. The van der Waals surface area contributed by atoms with Crippen molar-refractivity contribution in [3.63, 3.8) is 0 Å². The zero-order valence-electron chi connectivity index (χ0n) is 28.6. The lowest BCUT2D eigenvalue weighted by Crippen LogP contribution is -2.23. The summed E-state index contributed by atoms with van der Waals surface area (Å²) in [6.45, 7) is 11.2. The van der Waals surface area contributed by atoms with Crippen molar-refractivity contribution >= 4 is 5.57 Å². The molecule has 1 fully saturated rings. The lowest BCUT2D eigenvalue weighted by atomic mass is 9.69. The maximum atomic E-state index is 6.00. The van der Waals surface area contributed by atoms with Crippen LogP contribution in [0.2, 0.25) is 0 Å². The number of aryl methyl sites for hydroxylation is 1. The first kappa shape index (κ1) is 32.0. The lowest BCUT2D eigenvalue weighted by molar-refractivity contribution is 0.252.